The van der Waals surface area contributed by atoms with Crippen LogP contribution in [-0.2, 0) is 0 Å². The second-order valence-electron chi connectivity index (χ2n) is 5.19. The molecule has 0 spiro atoms. The van der Waals surface area contributed by atoms with Crippen LogP contribution in [0.3, 0.4) is 0 Å². The van der Waals surface area contributed by atoms with Gasteiger partial charge >= 0.3 is 0 Å². The maximum absolute atomic E-state index is 5.95. The predicted octanol–water partition coefficient (Wildman–Crippen LogP) is 2.32. The van der Waals surface area contributed by atoms with Crippen LogP contribution in [0.4, 0.5) is 11.6 Å². The zero-order chi connectivity index (χ0) is 11.7. The van der Waals surface area contributed by atoms with Crippen LogP contribution in [0.15, 0.2) is 6.20 Å². The number of hydrogen-bond donors (Lipinski definition) is 1. The van der Waals surface area contributed by atoms with Crippen LogP contribution in [0, 0.1) is 0 Å². The van der Waals surface area contributed by atoms with Crippen molar-refractivity contribution in [2.24, 2.45) is 0 Å². The molecule has 2 N–H and O–H groups in total. The molecule has 1 aromatic rings. The number of nitrogens with zero attached hydrogens (tertiary/aromatic N) is 3. The molecule has 0 radical (unpaired) electrons. The van der Waals surface area contributed by atoms with E-state index in [0.717, 1.165) is 30.4 Å². The molecule has 1 aliphatic heterocycles. The largest absolute Gasteiger partial charge is 0.396 e. The Morgan fingerprint density at radius 2 is 1.82 bits per heavy atom. The molecule has 17 heavy (non-hydrogen) atoms. The van der Waals surface area contributed by atoms with Crippen molar-refractivity contribution in [1.82, 2.24) is 9.97 Å². The standard InChI is InChI=1S/C13H20N4/c14-11-9-15-13(16-12(11)10-5-6-10)17-7-3-1-2-4-8-17/h9-10H,1-8,14H2. The van der Waals surface area contributed by atoms with Gasteiger partial charge in [0.1, 0.15) is 0 Å². The third kappa shape index (κ3) is 2.35. The Labute approximate surface area is 102 Å². The van der Waals surface area contributed by atoms with E-state index in [4.69, 9.17) is 5.73 Å². The van der Waals surface area contributed by atoms with Gasteiger partial charge in [0.05, 0.1) is 17.6 Å². The number of nitrogen functional groups attached to an aromatic ring is 1. The fourth-order valence-corrected chi connectivity index (χ4v) is 2.50. The minimum atomic E-state index is 0.601. The summed E-state index contributed by atoms with van der Waals surface area (Å²) in [7, 11) is 0. The molecule has 0 atom stereocenters. The van der Waals surface area contributed by atoms with Crippen molar-refractivity contribution >= 4 is 11.6 Å². The van der Waals surface area contributed by atoms with Gasteiger partial charge in [0.15, 0.2) is 0 Å². The van der Waals surface area contributed by atoms with Crippen molar-refractivity contribution in [3.8, 4) is 0 Å². The van der Waals surface area contributed by atoms with E-state index in [0.29, 0.717) is 5.92 Å². The van der Waals surface area contributed by atoms with Gasteiger partial charge in [-0.1, -0.05) is 12.8 Å². The van der Waals surface area contributed by atoms with Crippen LogP contribution in [0.5, 0.6) is 0 Å². The lowest BCUT2D eigenvalue weighted by Crippen LogP contribution is -2.26. The first kappa shape index (κ1) is 10.8. The number of hydrogen-bond acceptors (Lipinski definition) is 4. The Balaban J connectivity index is 1.83. The molecule has 2 aliphatic rings. The summed E-state index contributed by atoms with van der Waals surface area (Å²) in [6.07, 6.45) is 9.45. The van der Waals surface area contributed by atoms with Crippen molar-refractivity contribution < 1.29 is 0 Å². The highest BCUT2D eigenvalue weighted by molar-refractivity contribution is 5.48. The first-order chi connectivity index (χ1) is 8.34. The smallest absolute Gasteiger partial charge is 0.225 e. The lowest BCUT2D eigenvalue weighted by Gasteiger charge is -2.20. The zero-order valence-electron chi connectivity index (χ0n) is 10.2. The van der Waals surface area contributed by atoms with Gasteiger partial charge in [-0.25, -0.2) is 9.97 Å². The Hall–Kier alpha value is -1.32. The van der Waals surface area contributed by atoms with E-state index >= 15 is 0 Å². The Morgan fingerprint density at radius 3 is 2.47 bits per heavy atom. The van der Waals surface area contributed by atoms with E-state index in [2.05, 4.69) is 14.9 Å². The second-order valence-corrected chi connectivity index (χ2v) is 5.19. The van der Waals surface area contributed by atoms with Gasteiger partial charge in [0, 0.05) is 19.0 Å². The summed E-state index contributed by atoms with van der Waals surface area (Å²) < 4.78 is 0. The molecule has 0 bridgehead atoms. The van der Waals surface area contributed by atoms with Crippen LogP contribution in [-0.4, -0.2) is 23.1 Å². The third-order valence-electron chi connectivity index (χ3n) is 3.69. The zero-order valence-corrected chi connectivity index (χ0v) is 10.2. The predicted molar refractivity (Wildman–Crippen MR) is 69.1 cm³/mol. The fraction of sp³-hybridized carbons (Fsp3) is 0.692. The summed E-state index contributed by atoms with van der Waals surface area (Å²) in [6, 6.07) is 0. The minimum Gasteiger partial charge on any atom is -0.396 e. The van der Waals surface area contributed by atoms with Crippen molar-refractivity contribution in [2.45, 2.75) is 44.4 Å². The highest BCUT2D eigenvalue weighted by Crippen LogP contribution is 2.41. The molecule has 3 rings (SSSR count). The molecule has 92 valence electrons. The summed E-state index contributed by atoms with van der Waals surface area (Å²) in [6.45, 7) is 2.18. The fourth-order valence-electron chi connectivity index (χ4n) is 2.50. The molecule has 1 saturated carbocycles. The van der Waals surface area contributed by atoms with Gasteiger partial charge in [0.25, 0.3) is 0 Å². The maximum atomic E-state index is 5.95. The minimum absolute atomic E-state index is 0.601. The van der Waals surface area contributed by atoms with Gasteiger partial charge in [-0.15, -0.1) is 0 Å². The number of nitrogens with two attached hydrogens (primary N) is 1. The topological polar surface area (TPSA) is 55.0 Å². The number of rotatable bonds is 2. The number of aromatic nitrogens is 2. The van der Waals surface area contributed by atoms with Gasteiger partial charge in [-0.3, -0.25) is 0 Å². The molecule has 1 saturated heterocycles. The highest BCUT2D eigenvalue weighted by atomic mass is 15.2. The van der Waals surface area contributed by atoms with E-state index in [1.807, 2.05) is 0 Å². The van der Waals surface area contributed by atoms with Gasteiger partial charge < -0.3 is 10.6 Å². The molecule has 4 heteroatoms. The van der Waals surface area contributed by atoms with Crippen LogP contribution >= 0.6 is 0 Å². The Morgan fingerprint density at radius 1 is 1.12 bits per heavy atom. The molecule has 0 unspecified atom stereocenters. The van der Waals surface area contributed by atoms with Crippen molar-refractivity contribution in [1.29, 1.82) is 0 Å². The van der Waals surface area contributed by atoms with E-state index < -0.39 is 0 Å². The molecule has 2 fully saturated rings. The lowest BCUT2D eigenvalue weighted by molar-refractivity contribution is 0.726. The monoisotopic (exact) mass is 232 g/mol. The maximum Gasteiger partial charge on any atom is 0.225 e. The quantitative estimate of drug-likeness (QED) is 0.850. The summed E-state index contributed by atoms with van der Waals surface area (Å²) in [5.41, 5.74) is 7.80. The molecular formula is C13H20N4. The van der Waals surface area contributed by atoms with E-state index in [1.54, 1.807) is 6.20 Å². The van der Waals surface area contributed by atoms with Crippen LogP contribution in [0.2, 0.25) is 0 Å². The van der Waals surface area contributed by atoms with Crippen LogP contribution in [0.25, 0.3) is 0 Å². The van der Waals surface area contributed by atoms with E-state index in [9.17, 15) is 0 Å². The molecule has 1 aromatic heterocycles. The Kier molecular flexibility index (Phi) is 2.87. The lowest BCUT2D eigenvalue weighted by atomic mass is 10.2. The average molecular weight is 232 g/mol. The van der Waals surface area contributed by atoms with Gasteiger partial charge in [-0.05, 0) is 25.7 Å². The molecule has 0 aromatic carbocycles. The third-order valence-corrected chi connectivity index (χ3v) is 3.69. The second kappa shape index (κ2) is 4.51. The summed E-state index contributed by atoms with van der Waals surface area (Å²) in [5.74, 6) is 1.49. The molecule has 0 amide bonds. The van der Waals surface area contributed by atoms with Gasteiger partial charge in [-0.2, -0.15) is 0 Å². The van der Waals surface area contributed by atoms with E-state index in [1.165, 1.54) is 38.5 Å². The first-order valence-corrected chi connectivity index (χ1v) is 6.72. The first-order valence-electron chi connectivity index (χ1n) is 6.72. The summed E-state index contributed by atoms with van der Waals surface area (Å²) >= 11 is 0. The van der Waals surface area contributed by atoms with Crippen molar-refractivity contribution in [3.05, 3.63) is 11.9 Å². The number of anilines is 2. The van der Waals surface area contributed by atoms with Crippen molar-refractivity contribution in [2.75, 3.05) is 23.7 Å². The normalized spacial score (nSPS) is 21.3. The average Bonchev–Trinajstić information content (AvgIpc) is 3.17. The molecule has 4 nitrogen and oxygen atoms in total. The van der Waals surface area contributed by atoms with Gasteiger partial charge in [0.2, 0.25) is 5.95 Å². The SMILES string of the molecule is Nc1cnc(N2CCCCCC2)nc1C1CC1. The van der Waals surface area contributed by atoms with Crippen LogP contribution < -0.4 is 10.6 Å². The molecule has 1 aliphatic carbocycles. The summed E-state index contributed by atoms with van der Waals surface area (Å²) in [4.78, 5) is 11.4. The Bertz CT molecular complexity index is 392. The van der Waals surface area contributed by atoms with E-state index in [-0.39, 0.29) is 0 Å². The highest BCUT2D eigenvalue weighted by Gasteiger charge is 2.28. The van der Waals surface area contributed by atoms with Crippen LogP contribution in [0.1, 0.15) is 50.1 Å². The molecular weight excluding hydrogens is 212 g/mol. The molecule has 2 heterocycles. The summed E-state index contributed by atoms with van der Waals surface area (Å²) in [5, 5.41) is 0. The van der Waals surface area contributed by atoms with Crippen molar-refractivity contribution in [3.63, 3.8) is 0 Å².